The van der Waals surface area contributed by atoms with Crippen LogP contribution < -0.4 is 0 Å². The molecule has 0 aromatic heterocycles. The van der Waals surface area contributed by atoms with Crippen molar-refractivity contribution in [2.45, 2.75) is 51.9 Å². The number of phenols is 1. The first-order valence-electron chi connectivity index (χ1n) is 8.28. The number of aromatic hydroxyl groups is 1. The number of carbonyl (C=O) groups excluding carboxylic acids is 1. The number of carbonyl (C=O) groups is 1. The van der Waals surface area contributed by atoms with Gasteiger partial charge in [-0.2, -0.15) is 0 Å². The Balaban J connectivity index is 1.95. The van der Waals surface area contributed by atoms with Crippen molar-refractivity contribution in [2.75, 3.05) is 19.8 Å². The second-order valence-electron chi connectivity index (χ2n) is 5.39. The smallest absolute Gasteiger partial charge is 0.341 e. The third kappa shape index (κ3) is 8.03. The number of hydrogen-bond donors (Lipinski definition) is 1. The lowest BCUT2D eigenvalue weighted by atomic mass is 10.1. The number of benzene rings is 1. The minimum atomic E-state index is -0.453. The van der Waals surface area contributed by atoms with Gasteiger partial charge in [-0.1, -0.05) is 44.7 Å². The van der Waals surface area contributed by atoms with Crippen LogP contribution in [0.4, 0.5) is 0 Å². The standard InChI is InChI=1S/C18H28O4/c1-2-13-21-14-9-5-3-4-6-10-15-22-18(20)16-11-7-8-12-17(16)19/h7-8,11-12,19H,2-6,9-10,13-15H2,1H3. The van der Waals surface area contributed by atoms with Crippen LogP contribution in [0.15, 0.2) is 24.3 Å². The van der Waals surface area contributed by atoms with E-state index in [0.29, 0.717) is 6.61 Å². The number of para-hydroxylation sites is 1. The van der Waals surface area contributed by atoms with Crippen LogP contribution in [0.2, 0.25) is 0 Å². The van der Waals surface area contributed by atoms with E-state index in [-0.39, 0.29) is 11.3 Å². The summed E-state index contributed by atoms with van der Waals surface area (Å²) in [7, 11) is 0. The van der Waals surface area contributed by atoms with Crippen LogP contribution in [-0.2, 0) is 9.47 Å². The van der Waals surface area contributed by atoms with E-state index in [0.717, 1.165) is 45.3 Å². The Hall–Kier alpha value is -1.55. The molecule has 1 aromatic rings. The minimum Gasteiger partial charge on any atom is -0.507 e. The van der Waals surface area contributed by atoms with Crippen molar-refractivity contribution in [1.82, 2.24) is 0 Å². The highest BCUT2D eigenvalue weighted by Crippen LogP contribution is 2.16. The van der Waals surface area contributed by atoms with Crippen LogP contribution >= 0.6 is 0 Å². The molecule has 0 aliphatic carbocycles. The molecule has 22 heavy (non-hydrogen) atoms. The van der Waals surface area contributed by atoms with Crippen LogP contribution in [0.1, 0.15) is 62.2 Å². The molecule has 0 radical (unpaired) electrons. The summed E-state index contributed by atoms with van der Waals surface area (Å²) in [5.74, 6) is -0.482. The van der Waals surface area contributed by atoms with Crippen molar-refractivity contribution in [3.63, 3.8) is 0 Å². The van der Waals surface area contributed by atoms with Crippen LogP contribution in [0.25, 0.3) is 0 Å². The maximum absolute atomic E-state index is 11.7. The predicted octanol–water partition coefficient (Wildman–Crippen LogP) is 4.32. The molecule has 1 rings (SSSR count). The third-order valence-electron chi connectivity index (χ3n) is 3.39. The van der Waals surface area contributed by atoms with E-state index in [2.05, 4.69) is 6.92 Å². The van der Waals surface area contributed by atoms with Gasteiger partial charge in [-0.15, -0.1) is 0 Å². The molecule has 0 saturated carbocycles. The lowest BCUT2D eigenvalue weighted by Crippen LogP contribution is -2.06. The Bertz CT molecular complexity index is 417. The highest BCUT2D eigenvalue weighted by Gasteiger charge is 2.10. The summed E-state index contributed by atoms with van der Waals surface area (Å²) in [4.78, 5) is 11.7. The van der Waals surface area contributed by atoms with E-state index in [9.17, 15) is 9.90 Å². The molecule has 124 valence electrons. The average Bonchev–Trinajstić information content (AvgIpc) is 2.53. The van der Waals surface area contributed by atoms with Crippen LogP contribution in [0.5, 0.6) is 5.75 Å². The summed E-state index contributed by atoms with van der Waals surface area (Å²) in [6.45, 7) is 4.26. The Labute approximate surface area is 133 Å². The first kappa shape index (κ1) is 18.5. The van der Waals surface area contributed by atoms with Gasteiger partial charge >= 0.3 is 5.97 Å². The molecular formula is C18H28O4. The van der Waals surface area contributed by atoms with E-state index >= 15 is 0 Å². The Morgan fingerprint density at radius 3 is 2.27 bits per heavy atom. The van der Waals surface area contributed by atoms with Crippen molar-refractivity contribution in [3.05, 3.63) is 29.8 Å². The second-order valence-corrected chi connectivity index (χ2v) is 5.39. The molecule has 0 bridgehead atoms. The molecule has 0 aliphatic rings. The van der Waals surface area contributed by atoms with Gasteiger partial charge in [0.25, 0.3) is 0 Å². The molecule has 0 spiro atoms. The number of ether oxygens (including phenoxy) is 2. The zero-order chi connectivity index (χ0) is 16.0. The summed E-state index contributed by atoms with van der Waals surface area (Å²) in [5, 5.41) is 9.55. The van der Waals surface area contributed by atoms with E-state index in [1.807, 2.05) is 0 Å². The van der Waals surface area contributed by atoms with E-state index in [1.54, 1.807) is 18.2 Å². The minimum absolute atomic E-state index is 0.0298. The van der Waals surface area contributed by atoms with Crippen LogP contribution in [-0.4, -0.2) is 30.9 Å². The lowest BCUT2D eigenvalue weighted by molar-refractivity contribution is 0.0494. The van der Waals surface area contributed by atoms with E-state index < -0.39 is 5.97 Å². The van der Waals surface area contributed by atoms with Crippen molar-refractivity contribution in [1.29, 1.82) is 0 Å². The molecule has 1 N–H and O–H groups in total. The average molecular weight is 308 g/mol. The lowest BCUT2D eigenvalue weighted by Gasteiger charge is -2.06. The quantitative estimate of drug-likeness (QED) is 0.461. The zero-order valence-corrected chi connectivity index (χ0v) is 13.6. The molecule has 4 nitrogen and oxygen atoms in total. The molecular weight excluding hydrogens is 280 g/mol. The summed E-state index contributed by atoms with van der Waals surface area (Å²) in [5.41, 5.74) is 0.231. The van der Waals surface area contributed by atoms with Gasteiger partial charge < -0.3 is 14.6 Å². The summed E-state index contributed by atoms with van der Waals surface area (Å²) in [6.07, 6.45) is 7.68. The van der Waals surface area contributed by atoms with Crippen molar-refractivity contribution in [2.24, 2.45) is 0 Å². The van der Waals surface area contributed by atoms with Gasteiger partial charge in [0, 0.05) is 13.2 Å². The SMILES string of the molecule is CCCOCCCCCCCCOC(=O)c1ccccc1O. The molecule has 0 heterocycles. The van der Waals surface area contributed by atoms with Crippen LogP contribution in [0, 0.1) is 0 Å². The molecule has 0 amide bonds. The first-order chi connectivity index (χ1) is 10.8. The monoisotopic (exact) mass is 308 g/mol. The fraction of sp³-hybridized carbons (Fsp3) is 0.611. The van der Waals surface area contributed by atoms with Crippen molar-refractivity contribution >= 4 is 5.97 Å². The topological polar surface area (TPSA) is 55.8 Å². The zero-order valence-electron chi connectivity index (χ0n) is 13.6. The number of phenolic OH excluding ortho intramolecular Hbond substituents is 1. The van der Waals surface area contributed by atoms with Gasteiger partial charge in [-0.25, -0.2) is 4.79 Å². The highest BCUT2D eigenvalue weighted by atomic mass is 16.5. The van der Waals surface area contributed by atoms with Crippen molar-refractivity contribution in [3.8, 4) is 5.75 Å². The van der Waals surface area contributed by atoms with Gasteiger partial charge in [-0.05, 0) is 31.4 Å². The number of rotatable bonds is 12. The van der Waals surface area contributed by atoms with Crippen LogP contribution in [0.3, 0.4) is 0 Å². The fourth-order valence-electron chi connectivity index (χ4n) is 2.15. The largest absolute Gasteiger partial charge is 0.507 e. The van der Waals surface area contributed by atoms with Gasteiger partial charge in [0.15, 0.2) is 0 Å². The molecule has 4 heteroatoms. The number of unbranched alkanes of at least 4 members (excludes halogenated alkanes) is 5. The maximum atomic E-state index is 11.7. The van der Waals surface area contributed by atoms with Gasteiger partial charge in [0.05, 0.1) is 6.61 Å². The highest BCUT2D eigenvalue weighted by molar-refractivity contribution is 5.92. The molecule has 1 aromatic carbocycles. The normalized spacial score (nSPS) is 10.6. The van der Waals surface area contributed by atoms with Crippen molar-refractivity contribution < 1.29 is 19.4 Å². The Morgan fingerprint density at radius 2 is 1.59 bits per heavy atom. The number of hydrogen-bond acceptors (Lipinski definition) is 4. The van der Waals surface area contributed by atoms with Gasteiger partial charge in [0.2, 0.25) is 0 Å². The molecule has 0 fully saturated rings. The third-order valence-corrected chi connectivity index (χ3v) is 3.39. The summed E-state index contributed by atoms with van der Waals surface area (Å²) >= 11 is 0. The van der Waals surface area contributed by atoms with E-state index in [4.69, 9.17) is 9.47 Å². The first-order valence-corrected chi connectivity index (χ1v) is 8.28. The van der Waals surface area contributed by atoms with Gasteiger partial charge in [-0.3, -0.25) is 0 Å². The fourth-order valence-corrected chi connectivity index (χ4v) is 2.15. The molecule has 0 saturated heterocycles. The summed E-state index contributed by atoms with van der Waals surface area (Å²) in [6, 6.07) is 6.44. The molecule has 0 atom stereocenters. The Kier molecular flexibility index (Phi) is 10.1. The Morgan fingerprint density at radius 1 is 0.955 bits per heavy atom. The summed E-state index contributed by atoms with van der Waals surface area (Å²) < 4.78 is 10.6. The number of esters is 1. The van der Waals surface area contributed by atoms with E-state index in [1.165, 1.54) is 18.9 Å². The predicted molar refractivity (Wildman–Crippen MR) is 87.2 cm³/mol. The maximum Gasteiger partial charge on any atom is 0.341 e. The second kappa shape index (κ2) is 12.0. The van der Waals surface area contributed by atoms with Gasteiger partial charge in [0.1, 0.15) is 11.3 Å². The molecule has 0 aliphatic heterocycles. The molecule has 0 unspecified atom stereocenters.